The van der Waals surface area contributed by atoms with Crippen LogP contribution in [0.1, 0.15) is 135 Å². The third-order valence-corrected chi connectivity index (χ3v) is 15.5. The van der Waals surface area contributed by atoms with E-state index >= 15 is 0 Å². The average molecular weight is 879 g/mol. The van der Waals surface area contributed by atoms with Gasteiger partial charge in [-0.05, 0) is 87.4 Å². The van der Waals surface area contributed by atoms with E-state index in [2.05, 4.69) is 26.8 Å². The van der Waals surface area contributed by atoms with Crippen LogP contribution in [-0.4, -0.2) is 118 Å². The summed E-state index contributed by atoms with van der Waals surface area (Å²) in [6.45, 7) is 20.6. The van der Waals surface area contributed by atoms with Gasteiger partial charge in [0.1, 0.15) is 24.4 Å². The van der Waals surface area contributed by atoms with Crippen LogP contribution in [0, 0.1) is 39.4 Å². The van der Waals surface area contributed by atoms with Crippen LogP contribution in [0.5, 0.6) is 0 Å². The van der Waals surface area contributed by atoms with Gasteiger partial charge >= 0.3 is 29.8 Å². The molecule has 0 unspecified atom stereocenters. The van der Waals surface area contributed by atoms with Gasteiger partial charge in [0.05, 0.1) is 17.8 Å². The first-order valence-corrected chi connectivity index (χ1v) is 21.9. The van der Waals surface area contributed by atoms with E-state index in [0.717, 1.165) is 26.3 Å². The van der Waals surface area contributed by atoms with Crippen LogP contribution in [0.4, 0.5) is 0 Å². The van der Waals surface area contributed by atoms with Gasteiger partial charge in [-0.1, -0.05) is 46.3 Å². The van der Waals surface area contributed by atoms with E-state index in [0.29, 0.717) is 25.7 Å². The number of ketones is 1. The summed E-state index contributed by atoms with van der Waals surface area (Å²) in [7, 11) is 0. The predicted molar refractivity (Wildman–Crippen MR) is 219 cm³/mol. The van der Waals surface area contributed by atoms with Gasteiger partial charge in [0.15, 0.2) is 30.4 Å². The molecule has 0 aromatic carbocycles. The van der Waals surface area contributed by atoms with Crippen molar-refractivity contribution in [3.8, 4) is 0 Å². The van der Waals surface area contributed by atoms with Gasteiger partial charge in [-0.2, -0.15) is 0 Å². The Kier molecular flexibility index (Phi) is 14.0. The topological polar surface area (TPSA) is 228 Å². The molecular weight excluding hydrogens is 808 g/mol. The molecule has 16 nitrogen and oxygen atoms in total. The summed E-state index contributed by atoms with van der Waals surface area (Å²) < 4.78 is 41.2. The van der Waals surface area contributed by atoms with Gasteiger partial charge in [-0.15, -0.1) is 0 Å². The van der Waals surface area contributed by atoms with Gasteiger partial charge < -0.3 is 48.5 Å². The second-order valence-corrected chi connectivity index (χ2v) is 20.7. The van der Waals surface area contributed by atoms with Crippen molar-refractivity contribution in [3.63, 3.8) is 0 Å². The first-order valence-electron chi connectivity index (χ1n) is 21.9. The van der Waals surface area contributed by atoms with E-state index in [-0.39, 0.29) is 31.1 Å². The molecule has 350 valence electrons. The Morgan fingerprint density at radius 2 is 1.32 bits per heavy atom. The highest BCUT2D eigenvalue weighted by atomic mass is 16.7. The molecule has 1 saturated heterocycles. The molecule has 1 aliphatic heterocycles. The molecule has 3 N–H and O–H groups in total. The quantitative estimate of drug-likeness (QED) is 0.132. The lowest BCUT2D eigenvalue weighted by atomic mass is 9.38. The van der Waals surface area contributed by atoms with Crippen molar-refractivity contribution >= 4 is 35.6 Å². The molecule has 3 saturated carbocycles. The highest BCUT2D eigenvalue weighted by Gasteiger charge is 2.73. The van der Waals surface area contributed by atoms with E-state index in [1.54, 1.807) is 13.8 Å². The summed E-state index contributed by atoms with van der Waals surface area (Å²) >= 11 is 0. The van der Waals surface area contributed by atoms with Crippen LogP contribution in [-0.2, 0) is 61.9 Å². The van der Waals surface area contributed by atoms with Crippen molar-refractivity contribution in [1.29, 1.82) is 0 Å². The van der Waals surface area contributed by atoms with E-state index in [9.17, 15) is 44.1 Å². The first kappa shape index (κ1) is 49.6. The van der Waals surface area contributed by atoms with Crippen LogP contribution in [0.25, 0.3) is 0 Å². The van der Waals surface area contributed by atoms with Crippen LogP contribution in [0.3, 0.4) is 0 Å². The average Bonchev–Trinajstić information content (AvgIpc) is 3.36. The normalized spacial score (nSPS) is 39.6. The molecular formula is C46H70O16. The summed E-state index contributed by atoms with van der Waals surface area (Å²) in [5.74, 6) is -4.89. The maximum Gasteiger partial charge on any atom is 0.303 e. The summed E-state index contributed by atoms with van der Waals surface area (Å²) in [6.07, 6.45) is -5.02. The molecule has 5 aliphatic rings. The van der Waals surface area contributed by atoms with Gasteiger partial charge in [-0.3, -0.25) is 28.8 Å². The number of esters is 5. The second-order valence-electron chi connectivity index (χ2n) is 20.7. The third-order valence-electron chi connectivity index (χ3n) is 15.5. The minimum Gasteiger partial charge on any atom is -0.463 e. The Morgan fingerprint density at radius 3 is 1.87 bits per heavy atom. The molecule has 0 aromatic heterocycles. The van der Waals surface area contributed by atoms with Crippen molar-refractivity contribution in [1.82, 2.24) is 0 Å². The van der Waals surface area contributed by atoms with Crippen LogP contribution < -0.4 is 0 Å². The van der Waals surface area contributed by atoms with Crippen molar-refractivity contribution in [2.24, 2.45) is 39.4 Å². The minimum atomic E-state index is -1.87. The zero-order valence-corrected chi connectivity index (χ0v) is 38.7. The molecule has 5 rings (SSSR count). The molecule has 62 heavy (non-hydrogen) atoms. The number of hydrogen-bond donors (Lipinski definition) is 3. The number of ether oxygens (including phenoxy) is 7. The molecule has 4 aliphatic carbocycles. The number of Topliss-reactive ketones (excluding diaryl/α,β-unsaturated/α-hetero) is 1. The van der Waals surface area contributed by atoms with Crippen LogP contribution in [0.2, 0.25) is 0 Å². The molecule has 4 fully saturated rings. The minimum absolute atomic E-state index is 0.0507. The second kappa shape index (κ2) is 17.5. The largest absolute Gasteiger partial charge is 0.463 e. The number of carbonyl (C=O) groups excluding carboxylic acids is 6. The number of aliphatic hydroxyl groups excluding tert-OH is 1. The predicted octanol–water partition coefficient (Wildman–Crippen LogP) is 4.44. The fourth-order valence-corrected chi connectivity index (χ4v) is 12.5. The SMILES string of the molecule is CC(=O)OC[C@H]1O[C@@H](O[C@H]2C[C@@H]3C(=CC[C@@H]4[C@@]3(C)CC[C@]3(C)[C@@H]([C@@](C)(O)C(=O)CCC(C)(C)O)[C@H](OC(C)=O)C[C@@]43C)C(C)(C)[C@H]2O)[C@H](OC(C)=O)[C@@H](OC(C)=O)[C@@H]1OC(C)=O. The fourth-order valence-electron chi connectivity index (χ4n) is 12.5. The highest BCUT2D eigenvalue weighted by molar-refractivity contribution is 5.87. The number of aliphatic hydroxyl groups is 3. The van der Waals surface area contributed by atoms with E-state index in [4.69, 9.17) is 33.2 Å². The van der Waals surface area contributed by atoms with Crippen LogP contribution >= 0.6 is 0 Å². The Balaban J connectivity index is 1.53. The Labute approximate surface area is 365 Å². The standard InChI is InChI=1S/C46H70O16/c1-23(47)56-22-32-35(58-25(3)49)36(59-26(4)50)37(60-27(5)51)40(62-32)61-30-20-29-28(42(8,9)39(30)53)14-15-33-43(29,10)18-19-44(11)38(31(57-24(2)48)21-45(33,44)12)46(13,55)34(52)16-17-41(6,7)54/h14,29-33,35-40,53-55H,15-22H2,1-13H3/t29-,30+,31-,32-,33-,35-,36+,37-,38+,39+,40-,43+,44-,45+,46+/m1/s1. The number of hydrogen-bond acceptors (Lipinski definition) is 16. The van der Waals surface area contributed by atoms with Crippen molar-refractivity contribution in [2.45, 2.75) is 195 Å². The molecule has 0 aromatic rings. The number of rotatable bonds is 13. The van der Waals surface area contributed by atoms with Gasteiger partial charge in [-0.25, -0.2) is 0 Å². The molecule has 1 heterocycles. The molecule has 0 amide bonds. The van der Waals surface area contributed by atoms with E-state index < -0.39 is 130 Å². The van der Waals surface area contributed by atoms with Crippen molar-refractivity contribution in [2.75, 3.05) is 6.61 Å². The molecule has 16 heteroatoms. The summed E-state index contributed by atoms with van der Waals surface area (Å²) in [5, 5.41) is 34.9. The zero-order valence-electron chi connectivity index (χ0n) is 38.7. The Bertz CT molecular complexity index is 1800. The Morgan fingerprint density at radius 1 is 0.758 bits per heavy atom. The van der Waals surface area contributed by atoms with Crippen molar-refractivity contribution < 1.29 is 77.2 Å². The van der Waals surface area contributed by atoms with Gasteiger partial charge in [0, 0.05) is 52.4 Å². The number of allylic oxidation sites excluding steroid dienone is 1. The fraction of sp³-hybridized carbons (Fsp3) is 0.826. The maximum absolute atomic E-state index is 13.9. The zero-order chi connectivity index (χ0) is 46.7. The molecule has 0 radical (unpaired) electrons. The molecule has 0 spiro atoms. The monoisotopic (exact) mass is 878 g/mol. The van der Waals surface area contributed by atoms with Gasteiger partial charge in [0.25, 0.3) is 0 Å². The van der Waals surface area contributed by atoms with Crippen LogP contribution in [0.15, 0.2) is 11.6 Å². The third kappa shape index (κ3) is 9.23. The Hall–Kier alpha value is -3.44. The first-order chi connectivity index (χ1) is 28.4. The van der Waals surface area contributed by atoms with E-state index in [1.165, 1.54) is 20.8 Å². The summed E-state index contributed by atoms with van der Waals surface area (Å²) in [4.78, 5) is 76.0. The van der Waals surface area contributed by atoms with E-state index in [1.807, 2.05) is 13.8 Å². The summed E-state index contributed by atoms with van der Waals surface area (Å²) in [5.41, 5.74) is -4.47. The lowest BCUT2D eigenvalue weighted by Crippen LogP contribution is -2.65. The lowest BCUT2D eigenvalue weighted by molar-refractivity contribution is -0.328. The smallest absolute Gasteiger partial charge is 0.303 e. The number of fused-ring (bicyclic) bond motifs is 5. The highest BCUT2D eigenvalue weighted by Crippen LogP contribution is 2.75. The number of carbonyl (C=O) groups is 6. The lowest BCUT2D eigenvalue weighted by Gasteiger charge is -2.66. The summed E-state index contributed by atoms with van der Waals surface area (Å²) in [6, 6.07) is 0. The molecule has 0 bridgehead atoms. The van der Waals surface area contributed by atoms with Crippen molar-refractivity contribution in [3.05, 3.63) is 11.6 Å². The van der Waals surface area contributed by atoms with Gasteiger partial charge in [0.2, 0.25) is 0 Å². The maximum atomic E-state index is 13.9. The molecule has 15 atom stereocenters.